The third kappa shape index (κ3) is 4.04. The number of aryl methyl sites for hydroxylation is 1. The van der Waals surface area contributed by atoms with Gasteiger partial charge in [0.1, 0.15) is 5.75 Å². The van der Waals surface area contributed by atoms with E-state index in [-0.39, 0.29) is 17.2 Å². The van der Waals surface area contributed by atoms with E-state index < -0.39 is 0 Å². The molecule has 1 rings (SSSR count). The summed E-state index contributed by atoms with van der Waals surface area (Å²) in [7, 11) is 0. The zero-order chi connectivity index (χ0) is 13.1. The molecule has 0 unspecified atom stereocenters. The van der Waals surface area contributed by atoms with E-state index in [0.717, 1.165) is 17.3 Å². The van der Waals surface area contributed by atoms with Crippen LogP contribution in [0.4, 0.5) is 0 Å². The fourth-order valence-electron chi connectivity index (χ4n) is 1.51. The van der Waals surface area contributed by atoms with Crippen LogP contribution in [0.5, 0.6) is 5.75 Å². The van der Waals surface area contributed by atoms with E-state index in [0.29, 0.717) is 5.56 Å². The lowest BCUT2D eigenvalue weighted by Crippen LogP contribution is -2.43. The van der Waals surface area contributed by atoms with Crippen molar-refractivity contribution in [2.75, 3.05) is 5.33 Å². The second kappa shape index (κ2) is 5.54. The number of hydrogen-bond acceptors (Lipinski definition) is 2. The van der Waals surface area contributed by atoms with Gasteiger partial charge in [-0.1, -0.05) is 22.0 Å². The van der Waals surface area contributed by atoms with Gasteiger partial charge in [0.2, 0.25) is 0 Å². The predicted octanol–water partition coefficient (Wildman–Crippen LogP) is 2.99. The van der Waals surface area contributed by atoms with Crippen LogP contribution in [0.1, 0.15) is 36.2 Å². The van der Waals surface area contributed by atoms with Crippen LogP contribution >= 0.6 is 15.9 Å². The van der Waals surface area contributed by atoms with Crippen molar-refractivity contribution in [1.29, 1.82) is 0 Å². The number of rotatable bonds is 4. The van der Waals surface area contributed by atoms with Gasteiger partial charge < -0.3 is 10.4 Å². The molecule has 1 aromatic carbocycles. The minimum Gasteiger partial charge on any atom is -0.507 e. The lowest BCUT2D eigenvalue weighted by Gasteiger charge is -2.25. The molecule has 0 aliphatic heterocycles. The van der Waals surface area contributed by atoms with Crippen LogP contribution in [0.3, 0.4) is 0 Å². The van der Waals surface area contributed by atoms with E-state index in [1.807, 2.05) is 26.8 Å². The van der Waals surface area contributed by atoms with Gasteiger partial charge in [-0.3, -0.25) is 4.79 Å². The average molecular weight is 300 g/mol. The van der Waals surface area contributed by atoms with E-state index in [2.05, 4.69) is 21.2 Å². The van der Waals surface area contributed by atoms with Crippen LogP contribution in [-0.4, -0.2) is 21.9 Å². The minimum atomic E-state index is -0.294. The standard InChI is InChI=1S/C13H18BrNO2/c1-9-4-5-10(11(16)8-9)12(17)15-13(2,3)6-7-14/h4-5,8,16H,6-7H2,1-3H3,(H,15,17). The Kier molecular flexibility index (Phi) is 4.57. The first kappa shape index (κ1) is 14.0. The number of halogens is 1. The highest BCUT2D eigenvalue weighted by molar-refractivity contribution is 9.09. The molecule has 2 N–H and O–H groups in total. The molecule has 0 spiro atoms. The highest BCUT2D eigenvalue weighted by Gasteiger charge is 2.21. The van der Waals surface area contributed by atoms with Crippen LogP contribution < -0.4 is 5.32 Å². The maximum atomic E-state index is 12.0. The molecule has 1 aromatic rings. The molecule has 0 fully saturated rings. The molecule has 0 aliphatic carbocycles. The SMILES string of the molecule is Cc1ccc(C(=O)NC(C)(C)CCBr)c(O)c1. The summed E-state index contributed by atoms with van der Waals surface area (Å²) in [5.41, 5.74) is 0.953. The number of hydrogen-bond donors (Lipinski definition) is 2. The smallest absolute Gasteiger partial charge is 0.255 e. The maximum absolute atomic E-state index is 12.0. The number of carbonyl (C=O) groups is 1. The Morgan fingerprint density at radius 3 is 2.65 bits per heavy atom. The summed E-state index contributed by atoms with van der Waals surface area (Å²) in [5.74, 6) is -0.217. The quantitative estimate of drug-likeness (QED) is 0.840. The summed E-state index contributed by atoms with van der Waals surface area (Å²) in [6, 6.07) is 5.04. The highest BCUT2D eigenvalue weighted by atomic mass is 79.9. The van der Waals surface area contributed by atoms with E-state index in [4.69, 9.17) is 0 Å². The van der Waals surface area contributed by atoms with Gasteiger partial charge in [0, 0.05) is 10.9 Å². The largest absolute Gasteiger partial charge is 0.507 e. The van der Waals surface area contributed by atoms with Crippen LogP contribution in [-0.2, 0) is 0 Å². The van der Waals surface area contributed by atoms with Gasteiger partial charge in [-0.25, -0.2) is 0 Å². The van der Waals surface area contributed by atoms with Gasteiger partial charge in [0.15, 0.2) is 0 Å². The Morgan fingerprint density at radius 1 is 1.47 bits per heavy atom. The number of carbonyl (C=O) groups excluding carboxylic acids is 1. The molecule has 94 valence electrons. The van der Waals surface area contributed by atoms with Crippen molar-refractivity contribution in [2.45, 2.75) is 32.7 Å². The van der Waals surface area contributed by atoms with Gasteiger partial charge >= 0.3 is 0 Å². The zero-order valence-corrected chi connectivity index (χ0v) is 12.0. The molecule has 0 atom stereocenters. The Balaban J connectivity index is 2.83. The Morgan fingerprint density at radius 2 is 2.12 bits per heavy atom. The van der Waals surface area contributed by atoms with E-state index in [9.17, 15) is 9.90 Å². The van der Waals surface area contributed by atoms with Gasteiger partial charge in [0.25, 0.3) is 5.91 Å². The number of phenols is 1. The fraction of sp³-hybridized carbons (Fsp3) is 0.462. The molecule has 17 heavy (non-hydrogen) atoms. The first-order valence-corrected chi connectivity index (χ1v) is 6.66. The van der Waals surface area contributed by atoms with Crippen molar-refractivity contribution in [3.8, 4) is 5.75 Å². The van der Waals surface area contributed by atoms with Gasteiger partial charge in [-0.05, 0) is 44.9 Å². The summed E-state index contributed by atoms with van der Waals surface area (Å²) in [5, 5.41) is 13.4. The summed E-state index contributed by atoms with van der Waals surface area (Å²) < 4.78 is 0. The van der Waals surface area contributed by atoms with Crippen molar-refractivity contribution in [1.82, 2.24) is 5.32 Å². The molecule has 0 saturated carbocycles. The van der Waals surface area contributed by atoms with Crippen LogP contribution in [0.15, 0.2) is 18.2 Å². The first-order chi connectivity index (χ1) is 7.85. The number of benzene rings is 1. The fourth-order valence-corrected chi connectivity index (χ4v) is 2.50. The number of aromatic hydroxyl groups is 1. The van der Waals surface area contributed by atoms with Crippen molar-refractivity contribution < 1.29 is 9.90 Å². The molecular formula is C13H18BrNO2. The predicted molar refractivity (Wildman–Crippen MR) is 72.8 cm³/mol. The topological polar surface area (TPSA) is 49.3 Å². The van der Waals surface area contributed by atoms with Crippen LogP contribution in [0, 0.1) is 6.92 Å². The van der Waals surface area contributed by atoms with E-state index in [1.54, 1.807) is 12.1 Å². The molecule has 0 bridgehead atoms. The normalized spacial score (nSPS) is 11.3. The molecule has 1 amide bonds. The molecule has 4 heteroatoms. The zero-order valence-electron chi connectivity index (χ0n) is 10.4. The third-order valence-corrected chi connectivity index (χ3v) is 2.97. The molecule has 0 aliphatic rings. The number of alkyl halides is 1. The van der Waals surface area contributed by atoms with Crippen LogP contribution in [0.25, 0.3) is 0 Å². The number of phenolic OH excluding ortho intramolecular Hbond substituents is 1. The van der Waals surface area contributed by atoms with Crippen molar-refractivity contribution in [3.63, 3.8) is 0 Å². The highest BCUT2D eigenvalue weighted by Crippen LogP contribution is 2.20. The lowest BCUT2D eigenvalue weighted by molar-refractivity contribution is 0.0909. The summed E-state index contributed by atoms with van der Waals surface area (Å²) >= 11 is 3.35. The summed E-state index contributed by atoms with van der Waals surface area (Å²) in [4.78, 5) is 12.0. The van der Waals surface area contributed by atoms with E-state index in [1.165, 1.54) is 0 Å². The Labute approximate surface area is 110 Å². The third-order valence-electron chi connectivity index (χ3n) is 2.57. The maximum Gasteiger partial charge on any atom is 0.255 e. The number of amides is 1. The van der Waals surface area contributed by atoms with Gasteiger partial charge in [0.05, 0.1) is 5.56 Å². The monoisotopic (exact) mass is 299 g/mol. The average Bonchev–Trinajstić information content (AvgIpc) is 2.15. The lowest BCUT2D eigenvalue weighted by atomic mass is 10.0. The molecule has 0 saturated heterocycles. The molecule has 0 heterocycles. The molecule has 0 aromatic heterocycles. The van der Waals surface area contributed by atoms with Gasteiger partial charge in [-0.2, -0.15) is 0 Å². The molecular weight excluding hydrogens is 282 g/mol. The van der Waals surface area contributed by atoms with Crippen molar-refractivity contribution in [3.05, 3.63) is 29.3 Å². The summed E-state index contributed by atoms with van der Waals surface area (Å²) in [6.45, 7) is 5.78. The minimum absolute atomic E-state index is 0.0251. The van der Waals surface area contributed by atoms with Crippen molar-refractivity contribution in [2.24, 2.45) is 0 Å². The second-order valence-electron chi connectivity index (χ2n) is 4.80. The van der Waals surface area contributed by atoms with Crippen molar-refractivity contribution >= 4 is 21.8 Å². The number of nitrogens with one attached hydrogen (secondary N) is 1. The second-order valence-corrected chi connectivity index (χ2v) is 5.59. The Bertz CT molecular complexity index is 416. The summed E-state index contributed by atoms with van der Waals surface area (Å²) in [6.07, 6.45) is 0.825. The molecule has 0 radical (unpaired) electrons. The molecule has 3 nitrogen and oxygen atoms in total. The van der Waals surface area contributed by atoms with Gasteiger partial charge in [-0.15, -0.1) is 0 Å². The first-order valence-electron chi connectivity index (χ1n) is 5.54. The Hall–Kier alpha value is -1.03. The van der Waals surface area contributed by atoms with Crippen LogP contribution in [0.2, 0.25) is 0 Å². The van der Waals surface area contributed by atoms with E-state index >= 15 is 0 Å².